The van der Waals surface area contributed by atoms with Crippen LogP contribution in [-0.2, 0) is 14.3 Å². The third-order valence-electron chi connectivity index (χ3n) is 2.41. The smallest absolute Gasteiger partial charge is 0.342 e. The maximum Gasteiger partial charge on any atom is 0.342 e. The molecule has 0 aliphatic rings. The van der Waals surface area contributed by atoms with E-state index in [0.717, 1.165) is 5.56 Å². The highest BCUT2D eigenvalue weighted by molar-refractivity contribution is 5.90. The van der Waals surface area contributed by atoms with E-state index in [1.807, 2.05) is 30.3 Å². The average Bonchev–Trinajstić information content (AvgIpc) is 2.36. The fourth-order valence-corrected chi connectivity index (χ4v) is 1.55. The number of hydrogen-bond donors (Lipinski definition) is 1. The second-order valence-electron chi connectivity index (χ2n) is 4.04. The molecule has 1 rings (SSSR count). The van der Waals surface area contributed by atoms with Gasteiger partial charge in [-0.15, -0.1) is 0 Å². The van der Waals surface area contributed by atoms with E-state index in [1.54, 1.807) is 6.08 Å². The monoisotopic (exact) mass is 248 g/mol. The van der Waals surface area contributed by atoms with Gasteiger partial charge in [0.05, 0.1) is 7.11 Å². The molecule has 0 saturated carbocycles. The van der Waals surface area contributed by atoms with Gasteiger partial charge in [-0.3, -0.25) is 4.79 Å². The van der Waals surface area contributed by atoms with Crippen molar-refractivity contribution in [1.82, 2.24) is 0 Å². The zero-order valence-corrected chi connectivity index (χ0v) is 10.4. The number of aliphatic hydroxyl groups is 1. The Balaban J connectivity index is 2.95. The van der Waals surface area contributed by atoms with E-state index in [-0.39, 0.29) is 12.2 Å². The molecule has 0 spiro atoms. The van der Waals surface area contributed by atoms with Crippen LogP contribution >= 0.6 is 0 Å². The molecule has 0 saturated heterocycles. The highest BCUT2D eigenvalue weighted by Crippen LogP contribution is 2.17. The van der Waals surface area contributed by atoms with Crippen molar-refractivity contribution in [3.05, 3.63) is 42.0 Å². The minimum Gasteiger partial charge on any atom is -0.467 e. The van der Waals surface area contributed by atoms with Crippen LogP contribution < -0.4 is 0 Å². The summed E-state index contributed by atoms with van der Waals surface area (Å²) in [5.41, 5.74) is -1.08. The molecule has 0 heterocycles. The van der Waals surface area contributed by atoms with Gasteiger partial charge in [0.1, 0.15) is 5.78 Å². The second-order valence-corrected chi connectivity index (χ2v) is 4.04. The van der Waals surface area contributed by atoms with Gasteiger partial charge in [0.2, 0.25) is 0 Å². The first-order valence-electron chi connectivity index (χ1n) is 5.52. The summed E-state index contributed by atoms with van der Waals surface area (Å²) >= 11 is 0. The van der Waals surface area contributed by atoms with Gasteiger partial charge in [-0.25, -0.2) is 4.79 Å². The van der Waals surface area contributed by atoms with Gasteiger partial charge >= 0.3 is 5.97 Å². The van der Waals surface area contributed by atoms with E-state index >= 15 is 0 Å². The minimum absolute atomic E-state index is 0.291. The summed E-state index contributed by atoms with van der Waals surface area (Å²) in [6, 6.07) is 9.17. The van der Waals surface area contributed by atoms with Gasteiger partial charge in [-0.05, 0) is 18.6 Å². The predicted molar refractivity (Wildman–Crippen MR) is 67.7 cm³/mol. The number of benzene rings is 1. The molecular weight excluding hydrogens is 232 g/mol. The van der Waals surface area contributed by atoms with E-state index in [4.69, 9.17) is 0 Å². The van der Waals surface area contributed by atoms with Crippen LogP contribution in [0.25, 0.3) is 6.08 Å². The van der Waals surface area contributed by atoms with Crippen molar-refractivity contribution in [2.45, 2.75) is 18.9 Å². The van der Waals surface area contributed by atoms with E-state index in [0.29, 0.717) is 0 Å². The Morgan fingerprint density at radius 2 is 1.94 bits per heavy atom. The van der Waals surface area contributed by atoms with Gasteiger partial charge in [0.25, 0.3) is 0 Å². The van der Waals surface area contributed by atoms with Gasteiger partial charge in [0.15, 0.2) is 5.60 Å². The number of hydrogen-bond acceptors (Lipinski definition) is 4. The number of Topliss-reactive ketones (excluding diaryl/α,β-unsaturated/α-hetero) is 1. The lowest BCUT2D eigenvalue weighted by Gasteiger charge is -2.19. The number of carbonyl (C=O) groups is 2. The van der Waals surface area contributed by atoms with Crippen molar-refractivity contribution in [1.29, 1.82) is 0 Å². The zero-order chi connectivity index (χ0) is 13.6. The summed E-state index contributed by atoms with van der Waals surface area (Å²) in [5.74, 6) is -1.13. The van der Waals surface area contributed by atoms with Crippen LogP contribution in [0.4, 0.5) is 0 Å². The van der Waals surface area contributed by atoms with Gasteiger partial charge in [-0.1, -0.05) is 36.4 Å². The largest absolute Gasteiger partial charge is 0.467 e. The van der Waals surface area contributed by atoms with Crippen LogP contribution in [0, 0.1) is 0 Å². The first-order chi connectivity index (χ1) is 8.48. The van der Waals surface area contributed by atoms with Crippen LogP contribution in [0.2, 0.25) is 0 Å². The highest BCUT2D eigenvalue weighted by atomic mass is 16.5. The third kappa shape index (κ3) is 3.82. The average molecular weight is 248 g/mol. The molecule has 0 radical (unpaired) electrons. The quantitative estimate of drug-likeness (QED) is 0.804. The van der Waals surface area contributed by atoms with Crippen molar-refractivity contribution in [2.75, 3.05) is 7.11 Å². The van der Waals surface area contributed by atoms with Crippen LogP contribution in [-0.4, -0.2) is 29.6 Å². The van der Waals surface area contributed by atoms with Crippen LogP contribution in [0.1, 0.15) is 18.9 Å². The molecular formula is C14H16O4. The normalized spacial score (nSPS) is 14.2. The summed E-state index contributed by atoms with van der Waals surface area (Å²) in [6.07, 6.45) is 2.57. The first-order valence-corrected chi connectivity index (χ1v) is 5.52. The number of methoxy groups -OCH3 is 1. The first kappa shape index (κ1) is 14.1. The Morgan fingerprint density at radius 1 is 1.33 bits per heavy atom. The SMILES string of the molecule is COC(=O)[C@@](O)(/C=C/c1ccccc1)CC(C)=O. The van der Waals surface area contributed by atoms with Crippen molar-refractivity contribution >= 4 is 17.8 Å². The van der Waals surface area contributed by atoms with Crippen molar-refractivity contribution in [3.63, 3.8) is 0 Å². The number of ketones is 1. The van der Waals surface area contributed by atoms with E-state index in [1.165, 1.54) is 20.1 Å². The number of esters is 1. The van der Waals surface area contributed by atoms with Gasteiger partial charge in [0, 0.05) is 6.42 Å². The molecule has 1 N–H and O–H groups in total. The minimum atomic E-state index is -1.91. The second kappa shape index (κ2) is 6.12. The molecule has 96 valence electrons. The lowest BCUT2D eigenvalue weighted by Crippen LogP contribution is -2.39. The maximum atomic E-state index is 11.5. The van der Waals surface area contributed by atoms with Gasteiger partial charge < -0.3 is 9.84 Å². The molecule has 4 heteroatoms. The lowest BCUT2D eigenvalue weighted by molar-refractivity contribution is -0.159. The Morgan fingerprint density at radius 3 is 2.44 bits per heavy atom. The topological polar surface area (TPSA) is 63.6 Å². The van der Waals surface area contributed by atoms with Crippen molar-refractivity contribution in [3.8, 4) is 0 Å². The molecule has 0 aromatic heterocycles. The molecule has 1 atom stereocenters. The number of carbonyl (C=O) groups excluding carboxylic acids is 2. The Labute approximate surface area is 106 Å². The molecule has 0 bridgehead atoms. The van der Waals surface area contributed by atoms with E-state index in [2.05, 4.69) is 4.74 Å². The molecule has 0 fully saturated rings. The summed E-state index contributed by atoms with van der Waals surface area (Å²) in [4.78, 5) is 22.6. The molecule has 1 aromatic rings. The molecule has 0 aliphatic carbocycles. The van der Waals surface area contributed by atoms with Crippen molar-refractivity contribution in [2.24, 2.45) is 0 Å². The summed E-state index contributed by atoms with van der Waals surface area (Å²) in [6.45, 7) is 1.31. The summed E-state index contributed by atoms with van der Waals surface area (Å²) in [7, 11) is 1.17. The van der Waals surface area contributed by atoms with E-state index in [9.17, 15) is 14.7 Å². The number of ether oxygens (including phenoxy) is 1. The molecule has 0 aliphatic heterocycles. The maximum absolute atomic E-state index is 11.5. The molecule has 0 amide bonds. The Hall–Kier alpha value is -1.94. The lowest BCUT2D eigenvalue weighted by atomic mass is 9.96. The predicted octanol–water partition coefficient (Wildman–Crippen LogP) is 1.58. The van der Waals surface area contributed by atoms with Crippen LogP contribution in [0.3, 0.4) is 0 Å². The zero-order valence-electron chi connectivity index (χ0n) is 10.4. The summed E-state index contributed by atoms with van der Waals surface area (Å²) in [5, 5.41) is 10.1. The van der Waals surface area contributed by atoms with Gasteiger partial charge in [-0.2, -0.15) is 0 Å². The Kier molecular flexibility index (Phi) is 4.80. The summed E-state index contributed by atoms with van der Waals surface area (Å²) < 4.78 is 4.51. The van der Waals surface area contributed by atoms with Crippen LogP contribution in [0.5, 0.6) is 0 Å². The molecule has 1 aromatic carbocycles. The molecule has 4 nitrogen and oxygen atoms in total. The fraction of sp³-hybridized carbons (Fsp3) is 0.286. The highest BCUT2D eigenvalue weighted by Gasteiger charge is 2.35. The van der Waals surface area contributed by atoms with E-state index < -0.39 is 11.6 Å². The third-order valence-corrected chi connectivity index (χ3v) is 2.41. The molecule has 18 heavy (non-hydrogen) atoms. The van der Waals surface area contributed by atoms with Crippen molar-refractivity contribution < 1.29 is 19.4 Å². The standard InChI is InChI=1S/C14H16O4/c1-11(15)10-14(17,13(16)18-2)9-8-12-6-4-3-5-7-12/h3-9,17H,10H2,1-2H3/b9-8+/t14-/m1/s1. The fourth-order valence-electron chi connectivity index (χ4n) is 1.55. The number of rotatable bonds is 5. The Bertz CT molecular complexity index is 450. The van der Waals surface area contributed by atoms with Crippen LogP contribution in [0.15, 0.2) is 36.4 Å². The molecule has 0 unspecified atom stereocenters.